The van der Waals surface area contributed by atoms with Crippen molar-refractivity contribution in [3.63, 3.8) is 0 Å². The van der Waals surface area contributed by atoms with Gasteiger partial charge in [-0.15, -0.1) is 0 Å². The molecule has 4 aromatic rings. The maximum Gasteiger partial charge on any atom is 0.317 e. The standard InChI is InChI=1S/C28H24O2/c1-2-30-28(29)27(25-17-13-23(14-18-25)21-9-5-3-6-10-21)26-19-15-24(16-20-26)22-11-7-4-8-12-22/h3-20,27H,2H2,1H3. The van der Waals surface area contributed by atoms with Gasteiger partial charge in [0.15, 0.2) is 0 Å². The van der Waals surface area contributed by atoms with Gasteiger partial charge in [0, 0.05) is 0 Å². The van der Waals surface area contributed by atoms with Crippen LogP contribution < -0.4 is 0 Å². The number of carbonyl (C=O) groups excluding carboxylic acids is 1. The number of hydrogen-bond donors (Lipinski definition) is 0. The fourth-order valence-electron chi connectivity index (χ4n) is 3.69. The molecule has 0 N–H and O–H groups in total. The molecule has 0 amide bonds. The van der Waals surface area contributed by atoms with Crippen LogP contribution in [-0.2, 0) is 9.53 Å². The minimum atomic E-state index is -0.445. The first kappa shape index (κ1) is 19.7. The molecule has 0 spiro atoms. The SMILES string of the molecule is CCOC(=O)C(c1ccc(-c2ccccc2)cc1)c1ccc(-c2ccccc2)cc1. The van der Waals surface area contributed by atoms with E-state index in [0.29, 0.717) is 6.61 Å². The van der Waals surface area contributed by atoms with Gasteiger partial charge in [-0.1, -0.05) is 109 Å². The highest BCUT2D eigenvalue weighted by atomic mass is 16.5. The van der Waals surface area contributed by atoms with E-state index >= 15 is 0 Å². The average Bonchev–Trinajstić information content (AvgIpc) is 2.81. The molecule has 0 radical (unpaired) electrons. The Balaban J connectivity index is 1.66. The number of carbonyl (C=O) groups is 1. The molecule has 0 unspecified atom stereocenters. The fourth-order valence-corrected chi connectivity index (χ4v) is 3.69. The lowest BCUT2D eigenvalue weighted by Crippen LogP contribution is -2.17. The van der Waals surface area contributed by atoms with Gasteiger partial charge in [0.05, 0.1) is 6.61 Å². The van der Waals surface area contributed by atoms with Crippen molar-refractivity contribution in [2.45, 2.75) is 12.8 Å². The van der Waals surface area contributed by atoms with Crippen LogP contribution in [-0.4, -0.2) is 12.6 Å². The van der Waals surface area contributed by atoms with E-state index in [9.17, 15) is 4.79 Å². The summed E-state index contributed by atoms with van der Waals surface area (Å²) in [5.74, 6) is -0.669. The van der Waals surface area contributed by atoms with Gasteiger partial charge in [-0.2, -0.15) is 0 Å². The molecule has 2 heteroatoms. The highest BCUT2D eigenvalue weighted by Crippen LogP contribution is 2.30. The second kappa shape index (κ2) is 9.23. The maximum absolute atomic E-state index is 12.8. The van der Waals surface area contributed by atoms with E-state index < -0.39 is 5.92 Å². The van der Waals surface area contributed by atoms with E-state index in [4.69, 9.17) is 4.74 Å². The highest BCUT2D eigenvalue weighted by Gasteiger charge is 2.24. The van der Waals surface area contributed by atoms with Gasteiger partial charge in [-0.25, -0.2) is 0 Å². The average molecular weight is 392 g/mol. The minimum Gasteiger partial charge on any atom is -0.465 e. The van der Waals surface area contributed by atoms with Crippen LogP contribution in [0.1, 0.15) is 24.0 Å². The van der Waals surface area contributed by atoms with Crippen molar-refractivity contribution in [1.29, 1.82) is 0 Å². The van der Waals surface area contributed by atoms with Gasteiger partial charge < -0.3 is 4.74 Å². The molecule has 0 bridgehead atoms. The fraction of sp³-hybridized carbons (Fsp3) is 0.107. The van der Waals surface area contributed by atoms with Gasteiger partial charge in [0.2, 0.25) is 0 Å². The molecule has 0 heterocycles. The molecule has 0 aliphatic rings. The molecule has 2 nitrogen and oxygen atoms in total. The molecule has 4 rings (SSSR count). The van der Waals surface area contributed by atoms with Crippen LogP contribution in [0.15, 0.2) is 109 Å². The molecule has 0 fully saturated rings. The largest absolute Gasteiger partial charge is 0.465 e. The zero-order valence-corrected chi connectivity index (χ0v) is 17.0. The second-order valence-corrected chi connectivity index (χ2v) is 7.16. The van der Waals surface area contributed by atoms with Crippen LogP contribution in [0.25, 0.3) is 22.3 Å². The normalized spacial score (nSPS) is 10.7. The van der Waals surface area contributed by atoms with Crippen molar-refractivity contribution in [1.82, 2.24) is 0 Å². The summed E-state index contributed by atoms with van der Waals surface area (Å²) in [7, 11) is 0. The Kier molecular flexibility index (Phi) is 6.05. The Morgan fingerprint density at radius 3 is 1.33 bits per heavy atom. The summed E-state index contributed by atoms with van der Waals surface area (Å²) in [5, 5.41) is 0. The Morgan fingerprint density at radius 1 is 0.600 bits per heavy atom. The van der Waals surface area contributed by atoms with Crippen LogP contribution in [0.4, 0.5) is 0 Å². The first-order chi connectivity index (χ1) is 14.8. The Labute approximate surface area is 177 Å². The van der Waals surface area contributed by atoms with Gasteiger partial charge in [0.1, 0.15) is 5.92 Å². The summed E-state index contributed by atoms with van der Waals surface area (Å²) in [6.07, 6.45) is 0. The van der Waals surface area contributed by atoms with E-state index in [0.717, 1.165) is 33.4 Å². The molecule has 0 saturated carbocycles. The summed E-state index contributed by atoms with van der Waals surface area (Å²) in [5.41, 5.74) is 6.43. The van der Waals surface area contributed by atoms with Gasteiger partial charge >= 0.3 is 5.97 Å². The first-order valence-electron chi connectivity index (χ1n) is 10.2. The lowest BCUT2D eigenvalue weighted by atomic mass is 9.89. The van der Waals surface area contributed by atoms with Crippen molar-refractivity contribution < 1.29 is 9.53 Å². The minimum absolute atomic E-state index is 0.225. The zero-order chi connectivity index (χ0) is 20.8. The summed E-state index contributed by atoms with van der Waals surface area (Å²) in [6.45, 7) is 2.20. The van der Waals surface area contributed by atoms with Crippen molar-refractivity contribution in [3.8, 4) is 22.3 Å². The van der Waals surface area contributed by atoms with Crippen LogP contribution in [0, 0.1) is 0 Å². The molecule has 0 aromatic heterocycles. The molecular weight excluding hydrogens is 368 g/mol. The number of ether oxygens (including phenoxy) is 1. The third-order valence-corrected chi connectivity index (χ3v) is 5.22. The van der Waals surface area contributed by atoms with Crippen molar-refractivity contribution in [2.75, 3.05) is 6.61 Å². The maximum atomic E-state index is 12.8. The van der Waals surface area contributed by atoms with Crippen LogP contribution in [0.3, 0.4) is 0 Å². The molecule has 4 aromatic carbocycles. The highest BCUT2D eigenvalue weighted by molar-refractivity contribution is 5.83. The Hall–Kier alpha value is -3.65. The Morgan fingerprint density at radius 2 is 0.967 bits per heavy atom. The van der Waals surface area contributed by atoms with E-state index in [2.05, 4.69) is 48.5 Å². The molecule has 0 aliphatic heterocycles. The summed E-state index contributed by atoms with van der Waals surface area (Å²) >= 11 is 0. The van der Waals surface area contributed by atoms with E-state index in [1.54, 1.807) is 0 Å². The van der Waals surface area contributed by atoms with E-state index in [-0.39, 0.29) is 5.97 Å². The molecule has 0 aliphatic carbocycles. The predicted molar refractivity (Wildman–Crippen MR) is 122 cm³/mol. The van der Waals surface area contributed by atoms with Crippen molar-refractivity contribution in [2.24, 2.45) is 0 Å². The van der Waals surface area contributed by atoms with Gasteiger partial charge in [-0.05, 0) is 40.3 Å². The number of hydrogen-bond acceptors (Lipinski definition) is 2. The smallest absolute Gasteiger partial charge is 0.317 e. The van der Waals surface area contributed by atoms with Crippen LogP contribution in [0.2, 0.25) is 0 Å². The summed E-state index contributed by atoms with van der Waals surface area (Å²) < 4.78 is 5.40. The van der Waals surface area contributed by atoms with Crippen LogP contribution >= 0.6 is 0 Å². The van der Waals surface area contributed by atoms with Gasteiger partial charge in [0.25, 0.3) is 0 Å². The van der Waals surface area contributed by atoms with Gasteiger partial charge in [-0.3, -0.25) is 4.79 Å². The first-order valence-corrected chi connectivity index (χ1v) is 10.2. The number of esters is 1. The predicted octanol–water partition coefficient (Wildman–Crippen LogP) is 6.72. The number of benzene rings is 4. The molecule has 0 saturated heterocycles. The Bertz CT molecular complexity index is 1000. The number of rotatable bonds is 6. The van der Waals surface area contributed by atoms with E-state index in [1.165, 1.54) is 0 Å². The summed E-state index contributed by atoms with van der Waals surface area (Å²) in [4.78, 5) is 12.8. The molecule has 30 heavy (non-hydrogen) atoms. The lowest BCUT2D eigenvalue weighted by Gasteiger charge is -2.17. The quantitative estimate of drug-likeness (QED) is 0.341. The monoisotopic (exact) mass is 392 g/mol. The third kappa shape index (κ3) is 4.33. The van der Waals surface area contributed by atoms with Crippen molar-refractivity contribution in [3.05, 3.63) is 120 Å². The zero-order valence-electron chi connectivity index (χ0n) is 17.0. The summed E-state index contributed by atoms with van der Waals surface area (Å²) in [6, 6.07) is 36.8. The molecular formula is C28H24O2. The topological polar surface area (TPSA) is 26.3 Å². The van der Waals surface area contributed by atoms with Crippen LogP contribution in [0.5, 0.6) is 0 Å². The lowest BCUT2D eigenvalue weighted by molar-refractivity contribution is -0.143. The molecule has 0 atom stereocenters. The molecule has 148 valence electrons. The van der Waals surface area contributed by atoms with Crippen molar-refractivity contribution >= 4 is 5.97 Å². The second-order valence-electron chi connectivity index (χ2n) is 7.16. The third-order valence-electron chi connectivity index (χ3n) is 5.22. The van der Waals surface area contributed by atoms with E-state index in [1.807, 2.05) is 67.6 Å².